The van der Waals surface area contributed by atoms with Crippen molar-refractivity contribution in [2.75, 3.05) is 4.72 Å². The number of cyclic esters (lactones) is 1. The van der Waals surface area contributed by atoms with Gasteiger partial charge in [-0.1, -0.05) is 24.9 Å². The number of rotatable bonds is 2. The van der Waals surface area contributed by atoms with Gasteiger partial charge in [-0.15, -0.1) is 0 Å². The Labute approximate surface area is 88.0 Å². The number of anilines is 1. The highest BCUT2D eigenvalue weighted by Gasteiger charge is 2.24. The van der Waals surface area contributed by atoms with Crippen molar-refractivity contribution in [2.45, 2.75) is 18.9 Å². The number of ether oxygens (including phenoxy) is 1. The molecular weight excluding hydrogens is 198 g/mol. The first-order chi connectivity index (χ1) is 6.79. The van der Waals surface area contributed by atoms with Crippen LogP contribution < -0.4 is 4.72 Å². The molecule has 0 amide bonds. The molecule has 0 spiro atoms. The summed E-state index contributed by atoms with van der Waals surface area (Å²) in [4.78, 5) is 10.9. The van der Waals surface area contributed by atoms with Gasteiger partial charge in [0.25, 0.3) is 0 Å². The van der Waals surface area contributed by atoms with Gasteiger partial charge in [-0.05, 0) is 24.1 Å². The molecule has 0 radical (unpaired) electrons. The Balaban J connectivity index is 2.13. The second-order valence-corrected chi connectivity index (χ2v) is 3.47. The van der Waals surface area contributed by atoms with Gasteiger partial charge < -0.3 is 9.46 Å². The molecule has 0 bridgehead atoms. The van der Waals surface area contributed by atoms with Gasteiger partial charge in [-0.2, -0.15) is 0 Å². The Morgan fingerprint density at radius 1 is 1.36 bits per heavy atom. The fourth-order valence-corrected chi connectivity index (χ4v) is 1.68. The zero-order valence-corrected chi connectivity index (χ0v) is 8.46. The molecule has 3 nitrogen and oxygen atoms in total. The molecule has 1 fully saturated rings. The van der Waals surface area contributed by atoms with E-state index in [1.165, 1.54) is 0 Å². The van der Waals surface area contributed by atoms with Crippen LogP contribution in [-0.4, -0.2) is 5.97 Å². The third kappa shape index (κ3) is 1.85. The molecule has 1 atom stereocenters. The SMILES string of the molecule is O=C1CCC(c2ccc(NS)cc2)O1. The fourth-order valence-electron chi connectivity index (χ4n) is 1.53. The Morgan fingerprint density at radius 3 is 2.57 bits per heavy atom. The van der Waals surface area contributed by atoms with Crippen molar-refractivity contribution in [1.82, 2.24) is 0 Å². The van der Waals surface area contributed by atoms with E-state index >= 15 is 0 Å². The van der Waals surface area contributed by atoms with Crippen LogP contribution in [0.5, 0.6) is 0 Å². The zero-order chi connectivity index (χ0) is 9.97. The van der Waals surface area contributed by atoms with Crippen molar-refractivity contribution in [1.29, 1.82) is 0 Å². The van der Waals surface area contributed by atoms with Crippen molar-refractivity contribution in [3.05, 3.63) is 29.8 Å². The number of thiol groups is 1. The van der Waals surface area contributed by atoms with Gasteiger partial charge in [0, 0.05) is 12.1 Å². The molecule has 0 aromatic heterocycles. The van der Waals surface area contributed by atoms with E-state index < -0.39 is 0 Å². The monoisotopic (exact) mass is 209 g/mol. The third-order valence-corrected chi connectivity index (χ3v) is 2.55. The van der Waals surface area contributed by atoms with Crippen LogP contribution in [0.4, 0.5) is 5.69 Å². The maximum atomic E-state index is 10.9. The highest BCUT2D eigenvalue weighted by Crippen LogP contribution is 2.29. The summed E-state index contributed by atoms with van der Waals surface area (Å²) in [6.07, 6.45) is 1.25. The third-order valence-electron chi connectivity index (χ3n) is 2.30. The average Bonchev–Trinajstić information content (AvgIpc) is 2.65. The van der Waals surface area contributed by atoms with Gasteiger partial charge in [0.2, 0.25) is 0 Å². The van der Waals surface area contributed by atoms with Crippen molar-refractivity contribution in [3.8, 4) is 0 Å². The summed E-state index contributed by atoms with van der Waals surface area (Å²) in [5, 5.41) is 0. The smallest absolute Gasteiger partial charge is 0.306 e. The molecule has 1 saturated heterocycles. The summed E-state index contributed by atoms with van der Waals surface area (Å²) in [5.41, 5.74) is 1.98. The summed E-state index contributed by atoms with van der Waals surface area (Å²) < 4.78 is 7.88. The van der Waals surface area contributed by atoms with E-state index in [2.05, 4.69) is 17.5 Å². The lowest BCUT2D eigenvalue weighted by Crippen LogP contribution is -1.98. The van der Waals surface area contributed by atoms with E-state index in [4.69, 9.17) is 4.74 Å². The van der Waals surface area contributed by atoms with E-state index in [-0.39, 0.29) is 12.1 Å². The summed E-state index contributed by atoms with van der Waals surface area (Å²) in [6.45, 7) is 0. The topological polar surface area (TPSA) is 38.3 Å². The lowest BCUT2D eigenvalue weighted by Gasteiger charge is -2.09. The van der Waals surface area contributed by atoms with Crippen molar-refractivity contribution in [3.63, 3.8) is 0 Å². The van der Waals surface area contributed by atoms with Crippen LogP contribution in [0, 0.1) is 0 Å². The lowest BCUT2D eigenvalue weighted by molar-refractivity contribution is -0.141. The molecular formula is C10H11NO2S. The molecule has 1 aliphatic rings. The highest BCUT2D eigenvalue weighted by molar-refractivity contribution is 7.81. The van der Waals surface area contributed by atoms with Crippen LogP contribution >= 0.6 is 12.8 Å². The van der Waals surface area contributed by atoms with Gasteiger partial charge in [0.15, 0.2) is 0 Å². The average molecular weight is 209 g/mol. The van der Waals surface area contributed by atoms with Gasteiger partial charge in [-0.25, -0.2) is 0 Å². The molecule has 1 heterocycles. The first kappa shape index (κ1) is 9.40. The molecule has 1 N–H and O–H groups in total. The molecule has 0 saturated carbocycles. The minimum Gasteiger partial charge on any atom is -0.457 e. The normalized spacial score (nSPS) is 20.6. The molecule has 2 rings (SSSR count). The second-order valence-electron chi connectivity index (χ2n) is 3.25. The van der Waals surface area contributed by atoms with Crippen molar-refractivity contribution >= 4 is 24.5 Å². The van der Waals surface area contributed by atoms with E-state index in [0.717, 1.165) is 17.7 Å². The predicted octanol–water partition coefficient (Wildman–Crippen LogP) is 2.32. The standard InChI is InChI=1S/C10H11NO2S/c12-10-6-5-9(13-10)7-1-3-8(11-14)4-2-7/h1-4,9,11,14H,5-6H2. The van der Waals surface area contributed by atoms with Gasteiger partial charge >= 0.3 is 5.97 Å². The van der Waals surface area contributed by atoms with Crippen LogP contribution in [0.15, 0.2) is 24.3 Å². The van der Waals surface area contributed by atoms with Crippen LogP contribution in [0.2, 0.25) is 0 Å². The van der Waals surface area contributed by atoms with E-state index in [1.807, 2.05) is 24.3 Å². The Morgan fingerprint density at radius 2 is 2.07 bits per heavy atom. The summed E-state index contributed by atoms with van der Waals surface area (Å²) in [5.74, 6) is -0.105. The molecule has 0 aliphatic carbocycles. The van der Waals surface area contributed by atoms with Crippen LogP contribution in [-0.2, 0) is 9.53 Å². The minimum absolute atomic E-state index is 0.0588. The first-order valence-electron chi connectivity index (χ1n) is 4.49. The van der Waals surface area contributed by atoms with Crippen molar-refractivity contribution in [2.24, 2.45) is 0 Å². The van der Waals surface area contributed by atoms with Gasteiger partial charge in [0.1, 0.15) is 6.10 Å². The summed E-state index contributed by atoms with van der Waals surface area (Å²) in [6, 6.07) is 7.71. The lowest BCUT2D eigenvalue weighted by atomic mass is 10.1. The van der Waals surface area contributed by atoms with Crippen molar-refractivity contribution < 1.29 is 9.53 Å². The maximum Gasteiger partial charge on any atom is 0.306 e. The quantitative estimate of drug-likeness (QED) is 0.580. The van der Waals surface area contributed by atoms with E-state index in [1.54, 1.807) is 0 Å². The Kier molecular flexibility index (Phi) is 2.63. The number of carbonyl (C=O) groups excluding carboxylic acids is 1. The number of carbonyl (C=O) groups is 1. The molecule has 14 heavy (non-hydrogen) atoms. The summed E-state index contributed by atoms with van der Waals surface area (Å²) in [7, 11) is 0. The number of hydrogen-bond acceptors (Lipinski definition) is 4. The van der Waals surface area contributed by atoms with E-state index in [0.29, 0.717) is 6.42 Å². The van der Waals surface area contributed by atoms with Gasteiger partial charge in [0.05, 0.1) is 0 Å². The maximum absolute atomic E-state index is 10.9. The Hall–Kier alpha value is -1.16. The number of benzene rings is 1. The molecule has 1 unspecified atom stereocenters. The minimum atomic E-state index is -0.105. The fraction of sp³-hybridized carbons (Fsp3) is 0.300. The molecule has 1 aliphatic heterocycles. The molecule has 1 aromatic rings. The molecule has 4 heteroatoms. The zero-order valence-electron chi connectivity index (χ0n) is 7.56. The largest absolute Gasteiger partial charge is 0.457 e. The van der Waals surface area contributed by atoms with Crippen LogP contribution in [0.1, 0.15) is 24.5 Å². The number of nitrogens with one attached hydrogen (secondary N) is 1. The molecule has 1 aromatic carbocycles. The molecule has 74 valence electrons. The van der Waals surface area contributed by atoms with Crippen LogP contribution in [0.25, 0.3) is 0 Å². The number of esters is 1. The summed E-state index contributed by atoms with van der Waals surface area (Å²) >= 11 is 3.93. The highest BCUT2D eigenvalue weighted by atomic mass is 32.1. The predicted molar refractivity (Wildman–Crippen MR) is 57.1 cm³/mol. The second kappa shape index (κ2) is 3.92. The first-order valence-corrected chi connectivity index (χ1v) is 4.94. The van der Waals surface area contributed by atoms with Gasteiger partial charge in [-0.3, -0.25) is 4.79 Å². The van der Waals surface area contributed by atoms with E-state index in [9.17, 15) is 4.79 Å². The Bertz CT molecular complexity index is 336. The number of hydrogen-bond donors (Lipinski definition) is 2. The van der Waals surface area contributed by atoms with Crippen LogP contribution in [0.3, 0.4) is 0 Å².